The number of hydrogen-bond acceptors (Lipinski definition) is 3. The predicted molar refractivity (Wildman–Crippen MR) is 67.8 cm³/mol. The molecule has 0 aromatic rings. The van der Waals surface area contributed by atoms with E-state index in [0.717, 1.165) is 25.5 Å². The number of carbonyl (C=O) groups excluding carboxylic acids is 1. The average Bonchev–Trinajstić information content (AvgIpc) is 2.77. The molecule has 0 aromatic carbocycles. The van der Waals surface area contributed by atoms with E-state index in [4.69, 9.17) is 0 Å². The van der Waals surface area contributed by atoms with Gasteiger partial charge in [-0.15, -0.1) is 0 Å². The van der Waals surface area contributed by atoms with E-state index >= 15 is 0 Å². The Labute approximate surface area is 109 Å². The fourth-order valence-electron chi connectivity index (χ4n) is 5.40. The summed E-state index contributed by atoms with van der Waals surface area (Å²) in [5.41, 5.74) is -0.191. The standard InChI is InChI=1S/C15H24O3/c1-13(2)4-9-10(5-13)14(3)7-15(14,8-17)11(6-16)12(9)18/h8-12,16,18H,4-7H2,1-3H3. The zero-order valence-electron chi connectivity index (χ0n) is 11.5. The highest BCUT2D eigenvalue weighted by Crippen LogP contribution is 2.78. The molecule has 6 unspecified atom stereocenters. The highest BCUT2D eigenvalue weighted by molar-refractivity contribution is 5.68. The SMILES string of the molecule is CC1(C)CC2C(O)C(CO)C3(C=O)CC3(C)C2C1. The summed E-state index contributed by atoms with van der Waals surface area (Å²) in [6.07, 6.45) is 3.48. The van der Waals surface area contributed by atoms with Crippen LogP contribution in [-0.2, 0) is 4.79 Å². The minimum atomic E-state index is -0.512. The zero-order chi connectivity index (χ0) is 13.3. The lowest BCUT2D eigenvalue weighted by Crippen LogP contribution is -2.48. The van der Waals surface area contributed by atoms with Gasteiger partial charge in [0.25, 0.3) is 0 Å². The van der Waals surface area contributed by atoms with E-state index in [2.05, 4.69) is 20.8 Å². The van der Waals surface area contributed by atoms with Crippen molar-refractivity contribution in [2.75, 3.05) is 6.61 Å². The Morgan fingerprint density at radius 1 is 1.28 bits per heavy atom. The van der Waals surface area contributed by atoms with Crippen molar-refractivity contribution < 1.29 is 15.0 Å². The molecule has 3 fully saturated rings. The Kier molecular flexibility index (Phi) is 2.36. The van der Waals surface area contributed by atoms with Crippen LogP contribution in [0.3, 0.4) is 0 Å². The van der Waals surface area contributed by atoms with E-state index in [1.54, 1.807) is 0 Å². The third-order valence-electron chi connectivity index (χ3n) is 6.41. The predicted octanol–water partition coefficient (Wildman–Crippen LogP) is 1.62. The minimum Gasteiger partial charge on any atom is -0.396 e. The number of hydrogen-bond donors (Lipinski definition) is 2. The summed E-state index contributed by atoms with van der Waals surface area (Å²) >= 11 is 0. The first-order valence-corrected chi connectivity index (χ1v) is 7.07. The van der Waals surface area contributed by atoms with Gasteiger partial charge in [0.05, 0.1) is 6.10 Å². The highest BCUT2D eigenvalue weighted by atomic mass is 16.3. The van der Waals surface area contributed by atoms with E-state index in [9.17, 15) is 15.0 Å². The molecule has 0 bridgehead atoms. The maximum atomic E-state index is 11.6. The van der Waals surface area contributed by atoms with Crippen molar-refractivity contribution in [2.45, 2.75) is 46.1 Å². The molecule has 2 N–H and O–H groups in total. The minimum absolute atomic E-state index is 0.0137. The van der Waals surface area contributed by atoms with Crippen LogP contribution >= 0.6 is 0 Å². The lowest BCUT2D eigenvalue weighted by molar-refractivity contribution is -0.129. The third kappa shape index (κ3) is 1.25. The number of fused-ring (bicyclic) bond motifs is 3. The molecule has 0 heterocycles. The summed E-state index contributed by atoms with van der Waals surface area (Å²) in [4.78, 5) is 11.6. The lowest BCUT2D eigenvalue weighted by atomic mass is 9.62. The lowest BCUT2D eigenvalue weighted by Gasteiger charge is -2.43. The molecule has 0 saturated heterocycles. The molecule has 0 radical (unpaired) electrons. The van der Waals surface area contributed by atoms with E-state index < -0.39 is 11.5 Å². The van der Waals surface area contributed by atoms with Crippen molar-refractivity contribution in [3.05, 3.63) is 0 Å². The summed E-state index contributed by atoms with van der Waals surface area (Å²) in [7, 11) is 0. The van der Waals surface area contributed by atoms with Crippen molar-refractivity contribution in [3.63, 3.8) is 0 Å². The van der Waals surface area contributed by atoms with Gasteiger partial charge in [-0.05, 0) is 41.9 Å². The topological polar surface area (TPSA) is 57.5 Å². The molecule has 3 rings (SSSR count). The van der Waals surface area contributed by atoms with Gasteiger partial charge in [-0.1, -0.05) is 20.8 Å². The molecule has 18 heavy (non-hydrogen) atoms. The maximum Gasteiger partial charge on any atom is 0.127 e. The molecule has 6 atom stereocenters. The second-order valence-electron chi connectivity index (χ2n) is 7.87. The van der Waals surface area contributed by atoms with E-state index in [1.165, 1.54) is 0 Å². The second kappa shape index (κ2) is 3.37. The quantitative estimate of drug-likeness (QED) is 0.734. The molecular weight excluding hydrogens is 228 g/mol. The molecule has 3 aliphatic rings. The van der Waals surface area contributed by atoms with Gasteiger partial charge in [-0.25, -0.2) is 0 Å². The fraction of sp³-hybridized carbons (Fsp3) is 0.933. The van der Waals surface area contributed by atoms with Gasteiger partial charge in [0.1, 0.15) is 6.29 Å². The average molecular weight is 252 g/mol. The molecule has 3 aliphatic carbocycles. The van der Waals surface area contributed by atoms with Crippen LogP contribution in [0.25, 0.3) is 0 Å². The van der Waals surface area contributed by atoms with E-state index in [1.807, 2.05) is 0 Å². The van der Waals surface area contributed by atoms with Crippen LogP contribution in [-0.4, -0.2) is 29.2 Å². The van der Waals surface area contributed by atoms with Gasteiger partial charge in [-0.2, -0.15) is 0 Å². The Bertz CT molecular complexity index is 391. The molecule has 0 aromatic heterocycles. The van der Waals surface area contributed by atoms with Crippen LogP contribution in [0.1, 0.15) is 40.0 Å². The molecule has 0 aliphatic heterocycles. The first-order valence-electron chi connectivity index (χ1n) is 7.07. The van der Waals surface area contributed by atoms with Crippen LogP contribution in [0, 0.1) is 34.0 Å². The zero-order valence-corrected chi connectivity index (χ0v) is 11.5. The molecule has 3 nitrogen and oxygen atoms in total. The molecule has 0 spiro atoms. The smallest absolute Gasteiger partial charge is 0.127 e. The van der Waals surface area contributed by atoms with Gasteiger partial charge in [0.2, 0.25) is 0 Å². The van der Waals surface area contributed by atoms with Gasteiger partial charge >= 0.3 is 0 Å². The van der Waals surface area contributed by atoms with Crippen LogP contribution in [0.4, 0.5) is 0 Å². The largest absolute Gasteiger partial charge is 0.396 e. The van der Waals surface area contributed by atoms with Crippen molar-refractivity contribution in [1.29, 1.82) is 0 Å². The molecule has 102 valence electrons. The van der Waals surface area contributed by atoms with Gasteiger partial charge < -0.3 is 15.0 Å². The summed E-state index contributed by atoms with van der Waals surface area (Å²) in [5.74, 6) is 0.448. The van der Waals surface area contributed by atoms with Crippen LogP contribution in [0.5, 0.6) is 0 Å². The van der Waals surface area contributed by atoms with E-state index in [0.29, 0.717) is 5.92 Å². The number of aliphatic hydroxyl groups excluding tert-OH is 2. The Hall–Kier alpha value is -0.410. The summed E-state index contributed by atoms with van der Waals surface area (Å²) in [5, 5.41) is 20.2. The Morgan fingerprint density at radius 2 is 1.94 bits per heavy atom. The third-order valence-corrected chi connectivity index (χ3v) is 6.41. The van der Waals surface area contributed by atoms with Gasteiger partial charge in [0, 0.05) is 17.9 Å². The van der Waals surface area contributed by atoms with Gasteiger partial charge in [0.15, 0.2) is 0 Å². The van der Waals surface area contributed by atoms with Crippen molar-refractivity contribution in [2.24, 2.45) is 34.0 Å². The second-order valence-corrected chi connectivity index (χ2v) is 7.87. The van der Waals surface area contributed by atoms with Crippen LogP contribution < -0.4 is 0 Å². The van der Waals surface area contributed by atoms with Crippen LogP contribution in [0.15, 0.2) is 0 Å². The van der Waals surface area contributed by atoms with Crippen molar-refractivity contribution >= 4 is 6.29 Å². The van der Waals surface area contributed by atoms with Gasteiger partial charge in [-0.3, -0.25) is 0 Å². The first-order chi connectivity index (χ1) is 8.31. The number of aldehydes is 1. The highest BCUT2D eigenvalue weighted by Gasteiger charge is 2.77. The number of carbonyl (C=O) groups is 1. The molecule has 0 amide bonds. The molecule has 3 saturated carbocycles. The number of aliphatic hydroxyl groups is 2. The monoisotopic (exact) mass is 252 g/mol. The Morgan fingerprint density at radius 3 is 2.50 bits per heavy atom. The summed E-state index contributed by atoms with van der Waals surface area (Å²) < 4.78 is 0. The van der Waals surface area contributed by atoms with Crippen LogP contribution in [0.2, 0.25) is 0 Å². The number of rotatable bonds is 2. The normalized spacial score (nSPS) is 56.7. The van der Waals surface area contributed by atoms with E-state index in [-0.39, 0.29) is 29.3 Å². The Balaban J connectivity index is 2.01. The summed E-state index contributed by atoms with van der Waals surface area (Å²) in [6, 6.07) is 0. The molecule has 3 heteroatoms. The fourth-order valence-corrected chi connectivity index (χ4v) is 5.40. The molecular formula is C15H24O3. The summed E-state index contributed by atoms with van der Waals surface area (Å²) in [6.45, 7) is 6.62. The van der Waals surface area contributed by atoms with Crippen molar-refractivity contribution in [1.82, 2.24) is 0 Å². The first kappa shape index (κ1) is 12.6. The maximum absolute atomic E-state index is 11.6. The van der Waals surface area contributed by atoms with Crippen molar-refractivity contribution in [3.8, 4) is 0 Å².